The molecule has 0 aliphatic carbocycles. The van der Waals surface area contributed by atoms with Gasteiger partial charge in [-0.2, -0.15) is 0 Å². The molecule has 12 heteroatoms. The quantitative estimate of drug-likeness (QED) is 0.115. The van der Waals surface area contributed by atoms with Gasteiger partial charge in [-0.3, -0.25) is 15.0 Å². The smallest absolute Gasteiger partial charge is 0.319 e. The van der Waals surface area contributed by atoms with E-state index in [4.69, 9.17) is 4.74 Å². The minimum absolute atomic E-state index is 0.0338. The van der Waals surface area contributed by atoms with Crippen molar-refractivity contribution in [3.05, 3.63) is 96.1 Å². The van der Waals surface area contributed by atoms with Crippen LogP contribution in [-0.4, -0.2) is 56.7 Å². The first-order valence-electron chi connectivity index (χ1n) is 16.2. The van der Waals surface area contributed by atoms with E-state index in [9.17, 15) is 19.1 Å². The van der Waals surface area contributed by atoms with Crippen LogP contribution in [0.4, 0.5) is 20.0 Å². The second-order valence-electron chi connectivity index (χ2n) is 11.9. The largest absolute Gasteiger partial charge is 0.442 e. The fraction of sp³-hybridized carbons (Fsp3) is 0.306. The van der Waals surface area contributed by atoms with Gasteiger partial charge in [-0.15, -0.1) is 0 Å². The van der Waals surface area contributed by atoms with Gasteiger partial charge in [-0.25, -0.2) is 14.2 Å². The lowest BCUT2D eigenvalue weighted by atomic mass is 10.1. The molecule has 0 saturated carbocycles. The van der Waals surface area contributed by atoms with Gasteiger partial charge in [-0.05, 0) is 73.7 Å². The van der Waals surface area contributed by atoms with Gasteiger partial charge in [-0.1, -0.05) is 43.4 Å². The van der Waals surface area contributed by atoms with Gasteiger partial charge in [0.1, 0.15) is 0 Å². The first-order valence-corrected chi connectivity index (χ1v) is 17.0. The molecule has 0 unspecified atom stereocenters. The van der Waals surface area contributed by atoms with Gasteiger partial charge in [0.05, 0.1) is 17.8 Å². The van der Waals surface area contributed by atoms with Crippen LogP contribution in [0.3, 0.4) is 0 Å². The first kappa shape index (κ1) is 33.1. The summed E-state index contributed by atoms with van der Waals surface area (Å²) in [5, 5.41) is 19.9. The van der Waals surface area contributed by atoms with Crippen molar-refractivity contribution >= 4 is 45.0 Å². The van der Waals surface area contributed by atoms with Gasteiger partial charge >= 0.3 is 6.03 Å². The molecule has 3 heterocycles. The molecule has 5 aromatic rings. The molecule has 48 heavy (non-hydrogen) atoms. The van der Waals surface area contributed by atoms with Crippen molar-refractivity contribution < 1.29 is 23.8 Å². The van der Waals surface area contributed by atoms with E-state index in [0.29, 0.717) is 21.4 Å². The zero-order valence-electron chi connectivity index (χ0n) is 26.9. The molecule has 250 valence electrons. The Morgan fingerprint density at radius 3 is 2.52 bits per heavy atom. The third kappa shape index (κ3) is 7.84. The molecule has 1 fully saturated rings. The third-order valence-electron chi connectivity index (χ3n) is 8.58. The SMILES string of the molecule is CCC(CC)NC(=O)Nc1ccc(Oc2cnc(NC(=O)c3ccc(-n4cc(CN5CCC(O)CC5)c5ccccc54)cc3)s2)c(F)c1. The number of likely N-dealkylation sites (tertiary alicyclic amines) is 1. The van der Waals surface area contributed by atoms with Gasteiger partial charge in [0, 0.05) is 60.3 Å². The highest BCUT2D eigenvalue weighted by molar-refractivity contribution is 7.17. The number of thiazole rings is 1. The molecule has 10 nitrogen and oxygen atoms in total. The number of aromatic nitrogens is 2. The van der Waals surface area contributed by atoms with Crippen molar-refractivity contribution in [1.29, 1.82) is 0 Å². The zero-order chi connectivity index (χ0) is 33.6. The van der Waals surface area contributed by atoms with Crippen LogP contribution in [0.15, 0.2) is 79.1 Å². The van der Waals surface area contributed by atoms with E-state index in [-0.39, 0.29) is 23.8 Å². The second-order valence-corrected chi connectivity index (χ2v) is 12.9. The summed E-state index contributed by atoms with van der Waals surface area (Å²) in [6.07, 6.45) is 6.55. The maximum atomic E-state index is 14.8. The lowest BCUT2D eigenvalue weighted by molar-refractivity contribution is 0.0794. The molecule has 3 amide bonds. The van der Waals surface area contributed by atoms with Crippen LogP contribution in [-0.2, 0) is 6.54 Å². The number of fused-ring (bicyclic) bond motifs is 1. The van der Waals surface area contributed by atoms with Crippen molar-refractivity contribution in [2.24, 2.45) is 0 Å². The van der Waals surface area contributed by atoms with E-state index in [1.807, 2.05) is 38.1 Å². The average Bonchev–Trinajstić information content (AvgIpc) is 3.70. The molecule has 3 aromatic carbocycles. The highest BCUT2D eigenvalue weighted by Gasteiger charge is 2.20. The van der Waals surface area contributed by atoms with Crippen molar-refractivity contribution in [2.75, 3.05) is 23.7 Å². The summed E-state index contributed by atoms with van der Waals surface area (Å²) in [6, 6.07) is 19.5. The van der Waals surface area contributed by atoms with E-state index in [0.717, 1.165) is 67.9 Å². The van der Waals surface area contributed by atoms with Crippen LogP contribution < -0.4 is 20.7 Å². The number of urea groups is 1. The van der Waals surface area contributed by atoms with Gasteiger partial charge in [0.15, 0.2) is 16.7 Å². The highest BCUT2D eigenvalue weighted by atomic mass is 32.1. The second kappa shape index (κ2) is 15.0. The van der Waals surface area contributed by atoms with Crippen LogP contribution in [0.2, 0.25) is 0 Å². The number of carbonyl (C=O) groups excluding carboxylic acids is 2. The molecule has 2 aromatic heterocycles. The number of ether oxygens (including phenoxy) is 1. The molecule has 1 saturated heterocycles. The number of halogens is 1. The summed E-state index contributed by atoms with van der Waals surface area (Å²) in [5.74, 6) is -1.02. The van der Waals surface area contributed by atoms with Crippen molar-refractivity contribution in [2.45, 2.75) is 58.2 Å². The van der Waals surface area contributed by atoms with E-state index >= 15 is 0 Å². The summed E-state index contributed by atoms with van der Waals surface area (Å²) in [7, 11) is 0. The number of rotatable bonds is 11. The Balaban J connectivity index is 1.07. The number of piperidine rings is 1. The Kier molecular flexibility index (Phi) is 10.3. The van der Waals surface area contributed by atoms with Crippen molar-refractivity contribution in [3.63, 3.8) is 0 Å². The van der Waals surface area contributed by atoms with Crippen LogP contribution in [0.25, 0.3) is 16.6 Å². The van der Waals surface area contributed by atoms with Gasteiger partial charge in [0.2, 0.25) is 5.06 Å². The Morgan fingerprint density at radius 2 is 1.79 bits per heavy atom. The number of anilines is 2. The minimum atomic E-state index is -0.650. The van der Waals surface area contributed by atoms with Gasteiger partial charge in [0.25, 0.3) is 5.91 Å². The molecule has 0 radical (unpaired) electrons. The summed E-state index contributed by atoms with van der Waals surface area (Å²) >= 11 is 1.07. The fourth-order valence-corrected chi connectivity index (χ4v) is 6.51. The first-order chi connectivity index (χ1) is 23.3. The molecule has 1 aliphatic rings. The number of aliphatic hydroxyl groups is 1. The van der Waals surface area contributed by atoms with Crippen LogP contribution in [0.1, 0.15) is 55.5 Å². The average molecular weight is 671 g/mol. The molecular formula is C36H39FN6O4S. The number of hydrogen-bond acceptors (Lipinski definition) is 7. The Hall–Kier alpha value is -4.78. The summed E-state index contributed by atoms with van der Waals surface area (Å²) in [5.41, 5.74) is 4.00. The number of nitrogens with one attached hydrogen (secondary N) is 3. The van der Waals surface area contributed by atoms with E-state index in [1.54, 1.807) is 18.2 Å². The molecule has 4 N–H and O–H groups in total. The number of carbonyl (C=O) groups is 2. The number of amides is 3. The number of hydrogen-bond donors (Lipinski definition) is 4. The van der Waals surface area contributed by atoms with Crippen LogP contribution >= 0.6 is 11.3 Å². The fourth-order valence-electron chi connectivity index (χ4n) is 5.83. The monoisotopic (exact) mass is 670 g/mol. The third-order valence-corrected chi connectivity index (χ3v) is 9.37. The number of para-hydroxylation sites is 1. The topological polar surface area (TPSA) is 121 Å². The summed E-state index contributed by atoms with van der Waals surface area (Å²) < 4.78 is 22.6. The van der Waals surface area contributed by atoms with Crippen molar-refractivity contribution in [1.82, 2.24) is 19.8 Å². The van der Waals surface area contributed by atoms with Crippen molar-refractivity contribution in [3.8, 4) is 16.5 Å². The number of nitrogens with zero attached hydrogens (tertiary/aromatic N) is 3. The summed E-state index contributed by atoms with van der Waals surface area (Å²) in [4.78, 5) is 31.8. The molecule has 0 spiro atoms. The maximum absolute atomic E-state index is 14.8. The standard InChI is InChI=1S/C36H39FN6O4S/c1-3-25(4-2)39-35(46)40-26-11-14-32(30(37)19-26)47-33-20-38-36(48-33)41-34(45)23-9-12-27(13-10-23)43-22-24(29-7-5-6-8-31(29)43)21-42-17-15-28(44)16-18-42/h5-14,19-20,22,25,28,44H,3-4,15-18,21H2,1-2H3,(H,38,41,45)(H2,39,40,46). The normalized spacial score (nSPS) is 13.9. The summed E-state index contributed by atoms with van der Waals surface area (Å²) in [6.45, 7) is 6.53. The maximum Gasteiger partial charge on any atom is 0.319 e. The lowest BCUT2D eigenvalue weighted by Crippen LogP contribution is -2.37. The number of benzene rings is 3. The molecule has 1 aliphatic heterocycles. The molecule has 0 atom stereocenters. The predicted molar refractivity (Wildman–Crippen MR) is 187 cm³/mol. The Morgan fingerprint density at radius 1 is 1.04 bits per heavy atom. The van der Waals surface area contributed by atoms with E-state index in [2.05, 4.69) is 48.7 Å². The Bertz CT molecular complexity index is 1880. The molecule has 6 rings (SSSR count). The predicted octanol–water partition coefficient (Wildman–Crippen LogP) is 7.54. The van der Waals surface area contributed by atoms with E-state index in [1.165, 1.54) is 29.3 Å². The van der Waals surface area contributed by atoms with Crippen LogP contribution in [0.5, 0.6) is 10.8 Å². The molecular weight excluding hydrogens is 631 g/mol. The van der Waals surface area contributed by atoms with Gasteiger partial charge < -0.3 is 25.0 Å². The van der Waals surface area contributed by atoms with Crippen LogP contribution in [0, 0.1) is 5.82 Å². The number of aliphatic hydroxyl groups excluding tert-OH is 1. The molecule has 0 bridgehead atoms. The highest BCUT2D eigenvalue weighted by Crippen LogP contribution is 2.33. The lowest BCUT2D eigenvalue weighted by Gasteiger charge is -2.29. The Labute approximate surface area is 282 Å². The minimum Gasteiger partial charge on any atom is -0.442 e. The van der Waals surface area contributed by atoms with E-state index < -0.39 is 11.8 Å². The zero-order valence-corrected chi connectivity index (χ0v) is 27.7.